The van der Waals surface area contributed by atoms with Crippen LogP contribution in [0.2, 0.25) is 0 Å². The summed E-state index contributed by atoms with van der Waals surface area (Å²) in [6.07, 6.45) is 4.16. The molecule has 1 heterocycles. The second-order valence-corrected chi connectivity index (χ2v) is 4.28. The molecular weight excluding hydrogens is 190 g/mol. The minimum atomic E-state index is -0.691. The van der Waals surface area contributed by atoms with E-state index in [4.69, 9.17) is 11.5 Å². The molecule has 1 aromatic rings. The van der Waals surface area contributed by atoms with Crippen molar-refractivity contribution in [1.82, 2.24) is 4.98 Å². The predicted molar refractivity (Wildman–Crippen MR) is 58.5 cm³/mol. The third kappa shape index (κ3) is 1.61. The average molecular weight is 205 g/mol. The van der Waals surface area contributed by atoms with Crippen molar-refractivity contribution >= 4 is 11.6 Å². The zero-order valence-corrected chi connectivity index (χ0v) is 8.79. The lowest BCUT2D eigenvalue weighted by Gasteiger charge is -2.36. The molecule has 0 aromatic carbocycles. The molecule has 0 unspecified atom stereocenters. The fraction of sp³-hybridized carbons (Fsp3) is 0.455. The predicted octanol–water partition coefficient (Wildman–Crippen LogP) is 1.04. The van der Waals surface area contributed by atoms with E-state index in [1.54, 1.807) is 12.3 Å². The maximum Gasteiger partial charge on any atom is 0.186 e. The Morgan fingerprint density at radius 3 is 2.73 bits per heavy atom. The molecule has 0 saturated heterocycles. The van der Waals surface area contributed by atoms with Crippen molar-refractivity contribution in [1.29, 1.82) is 0 Å². The highest BCUT2D eigenvalue weighted by Crippen LogP contribution is 2.33. The number of nitrogen functional groups attached to an aromatic ring is 1. The van der Waals surface area contributed by atoms with Crippen LogP contribution in [0.5, 0.6) is 0 Å². The summed E-state index contributed by atoms with van der Waals surface area (Å²) < 4.78 is 0. The normalized spacial score (nSPS) is 18.3. The van der Waals surface area contributed by atoms with Crippen LogP contribution in [0.3, 0.4) is 0 Å². The van der Waals surface area contributed by atoms with Gasteiger partial charge in [0.2, 0.25) is 0 Å². The lowest BCUT2D eigenvalue weighted by Crippen LogP contribution is -2.53. The van der Waals surface area contributed by atoms with Crippen LogP contribution >= 0.6 is 0 Å². The van der Waals surface area contributed by atoms with Gasteiger partial charge >= 0.3 is 0 Å². The number of aromatic nitrogens is 1. The summed E-state index contributed by atoms with van der Waals surface area (Å²) in [4.78, 5) is 16.0. The molecule has 0 bridgehead atoms. The molecular formula is C11H15N3O. The summed E-state index contributed by atoms with van der Waals surface area (Å²) in [5, 5.41) is 0. The van der Waals surface area contributed by atoms with Gasteiger partial charge in [0.25, 0.3) is 0 Å². The zero-order chi connectivity index (χ0) is 11.1. The highest BCUT2D eigenvalue weighted by Gasteiger charge is 2.41. The molecule has 1 aliphatic carbocycles. The van der Waals surface area contributed by atoms with Gasteiger partial charge in [-0.2, -0.15) is 0 Å². The van der Waals surface area contributed by atoms with E-state index in [0.29, 0.717) is 5.56 Å². The van der Waals surface area contributed by atoms with Gasteiger partial charge in [-0.15, -0.1) is 0 Å². The van der Waals surface area contributed by atoms with Gasteiger partial charge in [-0.25, -0.2) is 4.98 Å². The van der Waals surface area contributed by atoms with Gasteiger partial charge in [-0.1, -0.05) is 0 Å². The number of pyridine rings is 1. The molecule has 4 N–H and O–H groups in total. The first kappa shape index (κ1) is 10.1. The third-order valence-electron chi connectivity index (χ3n) is 3.00. The van der Waals surface area contributed by atoms with Crippen molar-refractivity contribution in [3.63, 3.8) is 0 Å². The maximum absolute atomic E-state index is 12.1. The van der Waals surface area contributed by atoms with E-state index in [2.05, 4.69) is 4.98 Å². The quantitative estimate of drug-likeness (QED) is 0.707. The molecule has 0 radical (unpaired) electrons. The van der Waals surface area contributed by atoms with Crippen LogP contribution < -0.4 is 11.5 Å². The molecule has 0 amide bonds. The molecule has 1 fully saturated rings. The second-order valence-electron chi connectivity index (χ2n) is 4.28. The van der Waals surface area contributed by atoms with Crippen LogP contribution in [0, 0.1) is 6.92 Å². The first-order valence-corrected chi connectivity index (χ1v) is 5.09. The number of carbonyl (C=O) groups excluding carboxylic acids is 1. The number of rotatable bonds is 2. The SMILES string of the molecule is Cc1cnc(N)c(C(=O)C2(N)CCC2)c1. The monoisotopic (exact) mass is 205 g/mol. The van der Waals surface area contributed by atoms with E-state index >= 15 is 0 Å². The fourth-order valence-electron chi connectivity index (χ4n) is 1.81. The molecule has 80 valence electrons. The third-order valence-corrected chi connectivity index (χ3v) is 3.00. The van der Waals surface area contributed by atoms with Gasteiger partial charge in [0.05, 0.1) is 11.1 Å². The maximum atomic E-state index is 12.1. The minimum Gasteiger partial charge on any atom is -0.383 e. The van der Waals surface area contributed by atoms with Crippen molar-refractivity contribution in [3.8, 4) is 0 Å². The molecule has 15 heavy (non-hydrogen) atoms. The van der Waals surface area contributed by atoms with Gasteiger partial charge in [0.15, 0.2) is 5.78 Å². The highest BCUT2D eigenvalue weighted by molar-refractivity contribution is 6.06. The van der Waals surface area contributed by atoms with Crippen molar-refractivity contribution in [2.45, 2.75) is 31.7 Å². The number of hydrogen-bond donors (Lipinski definition) is 2. The molecule has 0 atom stereocenters. The van der Waals surface area contributed by atoms with Crippen molar-refractivity contribution in [2.24, 2.45) is 5.73 Å². The van der Waals surface area contributed by atoms with Crippen LogP contribution in [-0.4, -0.2) is 16.3 Å². The first-order chi connectivity index (χ1) is 7.03. The number of hydrogen-bond acceptors (Lipinski definition) is 4. The number of carbonyl (C=O) groups is 1. The largest absolute Gasteiger partial charge is 0.383 e. The average Bonchev–Trinajstić information content (AvgIpc) is 2.17. The van der Waals surface area contributed by atoms with Gasteiger partial charge in [-0.05, 0) is 37.8 Å². The van der Waals surface area contributed by atoms with E-state index in [1.807, 2.05) is 6.92 Å². The molecule has 1 saturated carbocycles. The van der Waals surface area contributed by atoms with E-state index in [0.717, 1.165) is 24.8 Å². The summed E-state index contributed by atoms with van der Waals surface area (Å²) in [6.45, 7) is 1.88. The molecule has 4 nitrogen and oxygen atoms in total. The Morgan fingerprint density at radius 1 is 1.53 bits per heavy atom. The van der Waals surface area contributed by atoms with Crippen molar-refractivity contribution in [2.75, 3.05) is 5.73 Å². The number of nitrogens with two attached hydrogens (primary N) is 2. The Labute approximate surface area is 88.7 Å². The van der Waals surface area contributed by atoms with E-state index in [-0.39, 0.29) is 11.6 Å². The molecule has 2 rings (SSSR count). The Morgan fingerprint density at radius 2 is 2.20 bits per heavy atom. The first-order valence-electron chi connectivity index (χ1n) is 5.09. The fourth-order valence-corrected chi connectivity index (χ4v) is 1.81. The van der Waals surface area contributed by atoms with Gasteiger partial charge in [0, 0.05) is 6.20 Å². The second kappa shape index (κ2) is 3.31. The summed E-state index contributed by atoms with van der Waals surface area (Å²) in [5.74, 6) is 0.213. The Hall–Kier alpha value is -1.42. The lowest BCUT2D eigenvalue weighted by molar-refractivity contribution is 0.0801. The van der Waals surface area contributed by atoms with Crippen LogP contribution in [0.1, 0.15) is 35.2 Å². The Bertz CT molecular complexity index is 410. The smallest absolute Gasteiger partial charge is 0.186 e. The standard InChI is InChI=1S/C11H15N3O/c1-7-5-8(10(12)14-6-7)9(15)11(13)3-2-4-11/h5-6H,2-4,13H2,1H3,(H2,12,14). The molecule has 1 aromatic heterocycles. The Balaban J connectivity index is 2.36. The summed E-state index contributed by atoms with van der Waals surface area (Å²) in [5.41, 5.74) is 12.3. The molecule has 0 spiro atoms. The topological polar surface area (TPSA) is 82.0 Å². The van der Waals surface area contributed by atoms with Gasteiger partial charge in [-0.3, -0.25) is 4.79 Å². The number of anilines is 1. The Kier molecular flexibility index (Phi) is 2.23. The van der Waals surface area contributed by atoms with Gasteiger partial charge in [0.1, 0.15) is 5.82 Å². The van der Waals surface area contributed by atoms with Crippen LogP contribution in [0.25, 0.3) is 0 Å². The van der Waals surface area contributed by atoms with E-state index < -0.39 is 5.54 Å². The molecule has 0 aliphatic heterocycles. The lowest BCUT2D eigenvalue weighted by atomic mass is 9.73. The van der Waals surface area contributed by atoms with Crippen LogP contribution in [0.4, 0.5) is 5.82 Å². The number of ketones is 1. The molecule has 4 heteroatoms. The highest BCUT2D eigenvalue weighted by atomic mass is 16.1. The summed E-state index contributed by atoms with van der Waals surface area (Å²) in [6, 6.07) is 1.76. The number of Topliss-reactive ketones (excluding diaryl/α,β-unsaturated/α-hetero) is 1. The van der Waals surface area contributed by atoms with E-state index in [1.165, 1.54) is 0 Å². The van der Waals surface area contributed by atoms with E-state index in [9.17, 15) is 4.79 Å². The number of aryl methyl sites for hydroxylation is 1. The van der Waals surface area contributed by atoms with Gasteiger partial charge < -0.3 is 11.5 Å². The van der Waals surface area contributed by atoms with Crippen molar-refractivity contribution < 1.29 is 4.79 Å². The molecule has 1 aliphatic rings. The van der Waals surface area contributed by atoms with Crippen LogP contribution in [0.15, 0.2) is 12.3 Å². The zero-order valence-electron chi connectivity index (χ0n) is 8.79. The van der Waals surface area contributed by atoms with Crippen LogP contribution in [-0.2, 0) is 0 Å². The van der Waals surface area contributed by atoms with Crippen molar-refractivity contribution in [3.05, 3.63) is 23.4 Å². The summed E-state index contributed by atoms with van der Waals surface area (Å²) in [7, 11) is 0. The minimum absolute atomic E-state index is 0.0672. The summed E-state index contributed by atoms with van der Waals surface area (Å²) >= 11 is 0. The number of nitrogens with zero attached hydrogens (tertiary/aromatic N) is 1.